The van der Waals surface area contributed by atoms with Gasteiger partial charge in [0.2, 0.25) is 0 Å². The van der Waals surface area contributed by atoms with Gasteiger partial charge in [0.05, 0.1) is 6.10 Å². The Kier molecular flexibility index (Phi) is 4.50. The molecule has 0 aliphatic heterocycles. The Labute approximate surface area is 91.3 Å². The number of carbonyl (C=O) groups excluding carboxylic acids is 1. The second-order valence-electron chi connectivity index (χ2n) is 3.95. The maximum atomic E-state index is 11.0. The molecule has 0 amide bonds. The molecule has 0 heterocycles. The van der Waals surface area contributed by atoms with Crippen molar-refractivity contribution in [2.24, 2.45) is 0 Å². The van der Waals surface area contributed by atoms with Crippen LogP contribution in [0.2, 0.25) is 0 Å². The van der Waals surface area contributed by atoms with Crippen LogP contribution in [0.1, 0.15) is 25.0 Å². The molecular weight excluding hydrogens is 188 g/mol. The monoisotopic (exact) mass is 206 g/mol. The Balaban J connectivity index is 2.69. The zero-order valence-corrected chi connectivity index (χ0v) is 9.62. The summed E-state index contributed by atoms with van der Waals surface area (Å²) in [5, 5.41) is 0. The van der Waals surface area contributed by atoms with Crippen molar-refractivity contribution in [2.45, 2.75) is 32.8 Å². The lowest BCUT2D eigenvalue weighted by atomic mass is 10.0. The van der Waals surface area contributed by atoms with Crippen molar-refractivity contribution in [3.8, 4) is 0 Å². The van der Waals surface area contributed by atoms with Crippen LogP contribution >= 0.6 is 0 Å². The zero-order valence-electron chi connectivity index (χ0n) is 9.62. The summed E-state index contributed by atoms with van der Waals surface area (Å²) < 4.78 is 5.21. The summed E-state index contributed by atoms with van der Waals surface area (Å²) in [5.41, 5.74) is 2.31. The smallest absolute Gasteiger partial charge is 0.134 e. The summed E-state index contributed by atoms with van der Waals surface area (Å²) in [4.78, 5) is 11.0. The number of ether oxygens (including phenoxy) is 1. The van der Waals surface area contributed by atoms with Gasteiger partial charge in [0.15, 0.2) is 0 Å². The first kappa shape index (κ1) is 11.9. The summed E-state index contributed by atoms with van der Waals surface area (Å²) in [6, 6.07) is 8.13. The maximum Gasteiger partial charge on any atom is 0.134 e. The summed E-state index contributed by atoms with van der Waals surface area (Å²) in [7, 11) is 1.71. The lowest BCUT2D eigenvalue weighted by Gasteiger charge is -2.10. The third-order valence-corrected chi connectivity index (χ3v) is 2.37. The molecule has 1 atom stereocenters. The highest BCUT2D eigenvalue weighted by Gasteiger charge is 2.03. The Morgan fingerprint density at radius 3 is 2.67 bits per heavy atom. The molecule has 1 aromatic rings. The Hall–Kier alpha value is -1.15. The van der Waals surface area contributed by atoms with Gasteiger partial charge in [-0.1, -0.05) is 24.3 Å². The normalized spacial score (nSPS) is 12.5. The van der Waals surface area contributed by atoms with E-state index in [0.717, 1.165) is 12.0 Å². The number of ketones is 1. The van der Waals surface area contributed by atoms with Crippen molar-refractivity contribution in [1.82, 2.24) is 0 Å². The number of Topliss-reactive ketones (excluding diaryl/α,β-unsaturated/α-hetero) is 1. The van der Waals surface area contributed by atoms with Gasteiger partial charge in [-0.2, -0.15) is 0 Å². The van der Waals surface area contributed by atoms with E-state index in [1.807, 2.05) is 19.1 Å². The van der Waals surface area contributed by atoms with Crippen LogP contribution in [0.15, 0.2) is 24.3 Å². The second-order valence-corrected chi connectivity index (χ2v) is 3.95. The van der Waals surface area contributed by atoms with Crippen LogP contribution in [-0.2, 0) is 22.4 Å². The van der Waals surface area contributed by atoms with E-state index in [0.29, 0.717) is 6.42 Å². The van der Waals surface area contributed by atoms with Crippen molar-refractivity contribution in [1.29, 1.82) is 0 Å². The molecule has 15 heavy (non-hydrogen) atoms. The number of hydrogen-bond acceptors (Lipinski definition) is 2. The van der Waals surface area contributed by atoms with E-state index < -0.39 is 0 Å². The van der Waals surface area contributed by atoms with Gasteiger partial charge in [0.1, 0.15) is 5.78 Å². The van der Waals surface area contributed by atoms with Crippen molar-refractivity contribution in [3.63, 3.8) is 0 Å². The predicted octanol–water partition coefficient (Wildman–Crippen LogP) is 2.40. The van der Waals surface area contributed by atoms with E-state index in [-0.39, 0.29) is 11.9 Å². The van der Waals surface area contributed by atoms with Crippen LogP contribution in [0.5, 0.6) is 0 Å². The Morgan fingerprint density at radius 1 is 1.40 bits per heavy atom. The molecule has 82 valence electrons. The molecule has 0 saturated carbocycles. The minimum absolute atomic E-state index is 0.201. The lowest BCUT2D eigenvalue weighted by Crippen LogP contribution is -2.08. The van der Waals surface area contributed by atoms with Gasteiger partial charge < -0.3 is 4.74 Å². The molecular formula is C13H18O2. The first-order valence-corrected chi connectivity index (χ1v) is 5.22. The van der Waals surface area contributed by atoms with E-state index >= 15 is 0 Å². The number of methoxy groups -OCH3 is 1. The first-order chi connectivity index (χ1) is 7.11. The molecule has 1 rings (SSSR count). The molecule has 2 heteroatoms. The molecule has 2 nitrogen and oxygen atoms in total. The lowest BCUT2D eigenvalue weighted by molar-refractivity contribution is -0.116. The highest BCUT2D eigenvalue weighted by atomic mass is 16.5. The largest absolute Gasteiger partial charge is 0.381 e. The minimum Gasteiger partial charge on any atom is -0.381 e. The molecule has 0 bridgehead atoms. The fourth-order valence-electron chi connectivity index (χ4n) is 1.57. The molecule has 0 fully saturated rings. The number of rotatable bonds is 5. The van der Waals surface area contributed by atoms with Gasteiger partial charge in [0, 0.05) is 13.5 Å². The van der Waals surface area contributed by atoms with Crippen LogP contribution in [0.4, 0.5) is 0 Å². The molecule has 1 unspecified atom stereocenters. The Morgan fingerprint density at radius 2 is 2.07 bits per heavy atom. The molecule has 0 aromatic heterocycles. The van der Waals surface area contributed by atoms with Gasteiger partial charge >= 0.3 is 0 Å². The van der Waals surface area contributed by atoms with E-state index in [4.69, 9.17) is 4.74 Å². The number of carbonyl (C=O) groups is 1. The van der Waals surface area contributed by atoms with Gasteiger partial charge in [-0.15, -0.1) is 0 Å². The quantitative estimate of drug-likeness (QED) is 0.739. The zero-order chi connectivity index (χ0) is 11.3. The average molecular weight is 206 g/mol. The standard InChI is InChI=1S/C13H18O2/c1-10(14)7-12-5-4-6-13(9-12)8-11(2)15-3/h4-6,9,11H,7-8H2,1-3H3. The highest BCUT2D eigenvalue weighted by molar-refractivity contribution is 5.78. The average Bonchev–Trinajstić information content (AvgIpc) is 2.17. The summed E-state index contributed by atoms with van der Waals surface area (Å²) >= 11 is 0. The van der Waals surface area contributed by atoms with Crippen LogP contribution in [-0.4, -0.2) is 19.0 Å². The second kappa shape index (κ2) is 5.66. The van der Waals surface area contributed by atoms with E-state index in [9.17, 15) is 4.79 Å². The maximum absolute atomic E-state index is 11.0. The Bertz CT molecular complexity index is 331. The van der Waals surface area contributed by atoms with E-state index in [1.165, 1.54) is 5.56 Å². The SMILES string of the molecule is COC(C)Cc1cccc(CC(C)=O)c1. The van der Waals surface area contributed by atoms with Crippen molar-refractivity contribution < 1.29 is 9.53 Å². The first-order valence-electron chi connectivity index (χ1n) is 5.22. The summed E-state index contributed by atoms with van der Waals surface area (Å²) in [5.74, 6) is 0.201. The topological polar surface area (TPSA) is 26.3 Å². The number of benzene rings is 1. The molecule has 0 radical (unpaired) electrons. The van der Waals surface area contributed by atoms with E-state index in [2.05, 4.69) is 12.1 Å². The predicted molar refractivity (Wildman–Crippen MR) is 61.0 cm³/mol. The van der Waals surface area contributed by atoms with E-state index in [1.54, 1.807) is 14.0 Å². The molecule has 0 saturated heterocycles. The summed E-state index contributed by atoms with van der Waals surface area (Å²) in [6.07, 6.45) is 1.63. The highest BCUT2D eigenvalue weighted by Crippen LogP contribution is 2.09. The molecule has 0 spiro atoms. The van der Waals surface area contributed by atoms with Gasteiger partial charge in [-0.3, -0.25) is 4.79 Å². The fourth-order valence-corrected chi connectivity index (χ4v) is 1.57. The third-order valence-electron chi connectivity index (χ3n) is 2.37. The van der Waals surface area contributed by atoms with Gasteiger partial charge in [-0.05, 0) is 31.4 Å². The third kappa shape index (κ3) is 4.26. The minimum atomic E-state index is 0.201. The molecule has 0 aliphatic carbocycles. The van der Waals surface area contributed by atoms with Crippen LogP contribution in [0, 0.1) is 0 Å². The molecule has 0 aliphatic rings. The number of hydrogen-bond donors (Lipinski definition) is 0. The van der Waals surface area contributed by atoms with Crippen LogP contribution < -0.4 is 0 Å². The molecule has 0 N–H and O–H groups in total. The van der Waals surface area contributed by atoms with Crippen molar-refractivity contribution in [2.75, 3.05) is 7.11 Å². The van der Waals surface area contributed by atoms with Crippen molar-refractivity contribution in [3.05, 3.63) is 35.4 Å². The molecule has 1 aromatic carbocycles. The van der Waals surface area contributed by atoms with Crippen LogP contribution in [0.25, 0.3) is 0 Å². The van der Waals surface area contributed by atoms with Gasteiger partial charge in [0.25, 0.3) is 0 Å². The fraction of sp³-hybridized carbons (Fsp3) is 0.462. The van der Waals surface area contributed by atoms with Crippen molar-refractivity contribution >= 4 is 5.78 Å². The van der Waals surface area contributed by atoms with Gasteiger partial charge in [-0.25, -0.2) is 0 Å². The van der Waals surface area contributed by atoms with Crippen LogP contribution in [0.3, 0.4) is 0 Å². The summed E-state index contributed by atoms with van der Waals surface area (Å²) in [6.45, 7) is 3.65.